The Labute approximate surface area is 181 Å². The highest BCUT2D eigenvalue weighted by Gasteiger charge is 2.28. The van der Waals surface area contributed by atoms with Gasteiger partial charge in [0.15, 0.2) is 0 Å². The average Bonchev–Trinajstić information content (AvgIpc) is 3.33. The van der Waals surface area contributed by atoms with Crippen LogP contribution in [0.1, 0.15) is 18.4 Å². The van der Waals surface area contributed by atoms with Crippen LogP contribution in [0.15, 0.2) is 53.1 Å². The highest BCUT2D eigenvalue weighted by atomic mass is 16.5. The topological polar surface area (TPSA) is 89.7 Å². The summed E-state index contributed by atoms with van der Waals surface area (Å²) in [5, 5.41) is 7.13. The van der Waals surface area contributed by atoms with Crippen molar-refractivity contribution in [2.45, 2.75) is 19.4 Å². The quantitative estimate of drug-likeness (QED) is 0.625. The Bertz CT molecular complexity index is 1020. The second-order valence-electron chi connectivity index (χ2n) is 7.48. The van der Waals surface area contributed by atoms with E-state index in [0.717, 1.165) is 42.0 Å². The van der Waals surface area contributed by atoms with Crippen molar-refractivity contribution in [3.8, 4) is 22.9 Å². The Kier molecular flexibility index (Phi) is 6.35. The van der Waals surface area contributed by atoms with E-state index in [1.807, 2.05) is 53.4 Å². The smallest absolute Gasteiger partial charge is 0.324 e. The van der Waals surface area contributed by atoms with Crippen molar-refractivity contribution in [3.63, 3.8) is 0 Å². The summed E-state index contributed by atoms with van der Waals surface area (Å²) in [7, 11) is 3.26. The molecule has 1 N–H and O–H groups in total. The zero-order valence-corrected chi connectivity index (χ0v) is 17.7. The summed E-state index contributed by atoms with van der Waals surface area (Å²) in [6, 6.07) is 15.6. The number of anilines is 1. The van der Waals surface area contributed by atoms with E-state index in [-0.39, 0.29) is 11.8 Å². The van der Waals surface area contributed by atoms with Crippen molar-refractivity contribution in [1.29, 1.82) is 0 Å². The fourth-order valence-electron chi connectivity index (χ4n) is 3.68. The average molecular weight is 422 g/mol. The lowest BCUT2D eigenvalue weighted by Gasteiger charge is -2.30. The second-order valence-corrected chi connectivity index (χ2v) is 7.48. The Morgan fingerprint density at radius 2 is 1.97 bits per heavy atom. The zero-order valence-electron chi connectivity index (χ0n) is 17.7. The highest BCUT2D eigenvalue weighted by Crippen LogP contribution is 2.26. The summed E-state index contributed by atoms with van der Waals surface area (Å²) in [4.78, 5) is 19.3. The van der Waals surface area contributed by atoms with Crippen LogP contribution in [0.4, 0.5) is 6.01 Å². The van der Waals surface area contributed by atoms with Crippen molar-refractivity contribution >= 4 is 11.9 Å². The molecular formula is C23H26N4O4. The van der Waals surface area contributed by atoms with Gasteiger partial charge in [0.2, 0.25) is 11.7 Å². The second kappa shape index (κ2) is 9.51. The first kappa shape index (κ1) is 20.7. The first-order valence-electron chi connectivity index (χ1n) is 10.3. The van der Waals surface area contributed by atoms with Gasteiger partial charge >= 0.3 is 6.01 Å². The molecule has 8 heteroatoms. The van der Waals surface area contributed by atoms with Crippen molar-refractivity contribution in [2.24, 2.45) is 5.92 Å². The minimum absolute atomic E-state index is 0.0300. The molecule has 1 saturated heterocycles. The van der Waals surface area contributed by atoms with E-state index in [1.54, 1.807) is 14.2 Å². The van der Waals surface area contributed by atoms with E-state index in [0.29, 0.717) is 24.9 Å². The summed E-state index contributed by atoms with van der Waals surface area (Å²) >= 11 is 0. The van der Waals surface area contributed by atoms with Crippen molar-refractivity contribution < 1.29 is 18.8 Å². The van der Waals surface area contributed by atoms with Gasteiger partial charge in [-0.25, -0.2) is 0 Å². The van der Waals surface area contributed by atoms with Crippen LogP contribution in [0.2, 0.25) is 0 Å². The van der Waals surface area contributed by atoms with Gasteiger partial charge in [-0.1, -0.05) is 17.3 Å². The monoisotopic (exact) mass is 422 g/mol. The van der Waals surface area contributed by atoms with Gasteiger partial charge in [0.1, 0.15) is 11.5 Å². The molecule has 0 saturated carbocycles. The first-order chi connectivity index (χ1) is 15.2. The van der Waals surface area contributed by atoms with Gasteiger partial charge in [-0.3, -0.25) is 4.79 Å². The molecule has 1 aliphatic heterocycles. The van der Waals surface area contributed by atoms with Crippen LogP contribution in [0.5, 0.6) is 11.5 Å². The maximum atomic E-state index is 12.7. The van der Waals surface area contributed by atoms with E-state index in [1.165, 1.54) is 0 Å². The molecule has 0 aliphatic carbocycles. The number of hydrogen-bond acceptors (Lipinski definition) is 7. The predicted molar refractivity (Wildman–Crippen MR) is 116 cm³/mol. The third-order valence-electron chi connectivity index (χ3n) is 5.43. The van der Waals surface area contributed by atoms with Crippen LogP contribution in [0, 0.1) is 5.92 Å². The summed E-state index contributed by atoms with van der Waals surface area (Å²) < 4.78 is 15.9. The molecule has 4 rings (SSSR count). The number of ether oxygens (including phenoxy) is 2. The fraction of sp³-hybridized carbons (Fsp3) is 0.348. The minimum Gasteiger partial charge on any atom is -0.497 e. The van der Waals surface area contributed by atoms with E-state index >= 15 is 0 Å². The third kappa shape index (κ3) is 4.96. The number of methoxy groups -OCH3 is 2. The summed E-state index contributed by atoms with van der Waals surface area (Å²) in [5.74, 6) is 1.96. The number of carbonyl (C=O) groups excluding carboxylic acids is 1. The molecule has 0 unspecified atom stereocenters. The molecule has 1 aromatic heterocycles. The molecule has 1 fully saturated rings. The largest absolute Gasteiger partial charge is 0.497 e. The van der Waals surface area contributed by atoms with E-state index < -0.39 is 0 Å². The Balaban J connectivity index is 1.36. The molecule has 1 atom stereocenters. The molecule has 2 heterocycles. The summed E-state index contributed by atoms with van der Waals surface area (Å²) in [5.41, 5.74) is 1.85. The van der Waals surface area contributed by atoms with E-state index in [4.69, 9.17) is 14.0 Å². The highest BCUT2D eigenvalue weighted by molar-refractivity contribution is 5.79. The number of rotatable bonds is 7. The van der Waals surface area contributed by atoms with Crippen LogP contribution < -0.4 is 19.7 Å². The minimum atomic E-state index is -0.129. The number of aromatic nitrogens is 2. The van der Waals surface area contributed by atoms with Gasteiger partial charge in [-0.2, -0.15) is 4.98 Å². The Morgan fingerprint density at radius 3 is 2.74 bits per heavy atom. The lowest BCUT2D eigenvalue weighted by Crippen LogP contribution is -2.43. The zero-order chi connectivity index (χ0) is 21.6. The Morgan fingerprint density at radius 1 is 1.16 bits per heavy atom. The number of nitrogens with zero attached hydrogens (tertiary/aromatic N) is 3. The molecule has 2 aromatic carbocycles. The summed E-state index contributed by atoms with van der Waals surface area (Å²) in [6.07, 6.45) is 1.72. The predicted octanol–water partition coefficient (Wildman–Crippen LogP) is 3.29. The first-order valence-corrected chi connectivity index (χ1v) is 10.3. The lowest BCUT2D eigenvalue weighted by molar-refractivity contribution is -0.125. The van der Waals surface area contributed by atoms with Gasteiger partial charge in [-0.05, 0) is 54.8 Å². The molecule has 8 nitrogen and oxygen atoms in total. The van der Waals surface area contributed by atoms with Gasteiger partial charge < -0.3 is 24.2 Å². The Hall–Kier alpha value is -3.55. The molecule has 0 bridgehead atoms. The van der Waals surface area contributed by atoms with Crippen molar-refractivity contribution in [1.82, 2.24) is 15.5 Å². The van der Waals surface area contributed by atoms with Gasteiger partial charge in [0.05, 0.1) is 20.1 Å². The third-order valence-corrected chi connectivity index (χ3v) is 5.43. The van der Waals surface area contributed by atoms with Gasteiger partial charge in [0.25, 0.3) is 0 Å². The van der Waals surface area contributed by atoms with Crippen LogP contribution >= 0.6 is 0 Å². The molecular weight excluding hydrogens is 396 g/mol. The molecule has 0 spiro atoms. The van der Waals surface area contributed by atoms with Gasteiger partial charge in [-0.15, -0.1) is 0 Å². The molecule has 1 aliphatic rings. The van der Waals surface area contributed by atoms with E-state index in [2.05, 4.69) is 15.5 Å². The SMILES string of the molecule is COc1ccc(-c2noc(N3CCC[C@H](C(=O)NCc4cccc(OC)c4)C3)n2)cc1. The number of amides is 1. The van der Waals surface area contributed by atoms with Crippen molar-refractivity contribution in [2.75, 3.05) is 32.2 Å². The molecule has 162 valence electrons. The number of piperidine rings is 1. The standard InChI is InChI=1S/C23H26N4O4/c1-29-19-10-8-17(9-11-19)21-25-23(31-26-21)27-12-4-6-18(15-27)22(28)24-14-16-5-3-7-20(13-16)30-2/h3,5,7-11,13,18H,4,6,12,14-15H2,1-2H3,(H,24,28)/t18-/m0/s1. The van der Waals surface area contributed by atoms with Crippen LogP contribution in [0.25, 0.3) is 11.4 Å². The normalized spacial score (nSPS) is 16.1. The van der Waals surface area contributed by atoms with Crippen LogP contribution in [-0.2, 0) is 11.3 Å². The maximum Gasteiger partial charge on any atom is 0.324 e. The molecule has 3 aromatic rings. The molecule has 0 radical (unpaired) electrons. The van der Waals surface area contributed by atoms with Crippen LogP contribution in [0.3, 0.4) is 0 Å². The number of carbonyl (C=O) groups is 1. The molecule has 31 heavy (non-hydrogen) atoms. The summed E-state index contributed by atoms with van der Waals surface area (Å²) in [6.45, 7) is 1.80. The fourth-order valence-corrected chi connectivity index (χ4v) is 3.68. The van der Waals surface area contributed by atoms with Crippen LogP contribution in [-0.4, -0.2) is 43.4 Å². The number of benzene rings is 2. The lowest BCUT2D eigenvalue weighted by atomic mass is 9.97. The maximum absolute atomic E-state index is 12.7. The van der Waals surface area contributed by atoms with Gasteiger partial charge in [0, 0.05) is 25.2 Å². The number of hydrogen-bond donors (Lipinski definition) is 1. The number of nitrogens with one attached hydrogen (secondary N) is 1. The van der Waals surface area contributed by atoms with E-state index in [9.17, 15) is 4.79 Å². The molecule has 1 amide bonds. The van der Waals surface area contributed by atoms with Crippen molar-refractivity contribution in [3.05, 3.63) is 54.1 Å².